The second kappa shape index (κ2) is 7.04. The van der Waals surface area contributed by atoms with Crippen LogP contribution in [0.5, 0.6) is 5.75 Å². The average Bonchev–Trinajstić information content (AvgIpc) is 2.59. The zero-order valence-corrected chi connectivity index (χ0v) is 14.9. The first-order chi connectivity index (χ1) is 11.9. The summed E-state index contributed by atoms with van der Waals surface area (Å²) >= 11 is 17.6. The van der Waals surface area contributed by atoms with E-state index in [1.165, 1.54) is 12.3 Å². The number of Topliss-reactive ketones (excluding diaryl/α,β-unsaturated/α-hetero) is 1. The molecule has 0 aliphatic heterocycles. The molecule has 0 fully saturated rings. The monoisotopic (exact) mass is 396 g/mol. The third kappa shape index (κ3) is 3.63. The molecular formula is C17H11Cl3N2O3. The van der Waals surface area contributed by atoms with E-state index in [1.807, 2.05) is 0 Å². The number of halogens is 3. The lowest BCUT2D eigenvalue weighted by molar-refractivity contribution is 0.0975. The topological polar surface area (TPSA) is 71.7 Å². The molecule has 25 heavy (non-hydrogen) atoms. The van der Waals surface area contributed by atoms with Gasteiger partial charge in [0.2, 0.25) is 5.75 Å². The molecule has 0 aliphatic rings. The predicted octanol–water partition coefficient (Wildman–Crippen LogP) is 4.18. The number of hydrogen-bond acceptors (Lipinski definition) is 4. The number of hydrogen-bond donors (Lipinski definition) is 1. The van der Waals surface area contributed by atoms with Crippen LogP contribution in [0.1, 0.15) is 22.5 Å². The zero-order valence-electron chi connectivity index (χ0n) is 12.7. The van der Waals surface area contributed by atoms with Gasteiger partial charge in [-0.15, -0.1) is 0 Å². The summed E-state index contributed by atoms with van der Waals surface area (Å²) in [7, 11) is 0. The summed E-state index contributed by atoms with van der Waals surface area (Å²) < 4.78 is 1.09. The number of aromatic nitrogens is 2. The summed E-state index contributed by atoms with van der Waals surface area (Å²) in [5, 5.41) is 11.2. The van der Waals surface area contributed by atoms with Gasteiger partial charge in [-0.05, 0) is 36.2 Å². The van der Waals surface area contributed by atoms with Gasteiger partial charge in [0.05, 0.1) is 15.1 Å². The molecular weight excluding hydrogens is 387 g/mol. The summed E-state index contributed by atoms with van der Waals surface area (Å²) in [6, 6.07) is 8.11. The van der Waals surface area contributed by atoms with Crippen molar-refractivity contribution in [2.45, 2.75) is 12.8 Å². The van der Waals surface area contributed by atoms with E-state index in [2.05, 4.69) is 4.98 Å². The SMILES string of the molecule is O=C(CCc1ccc(Cl)c(Cl)c1)c1nc2ccc(Cl)cn2c(=O)c1O. The average molecular weight is 398 g/mol. The molecule has 0 atom stereocenters. The minimum atomic E-state index is -0.745. The molecule has 0 saturated heterocycles. The van der Waals surface area contributed by atoms with Crippen molar-refractivity contribution in [3.8, 4) is 5.75 Å². The molecule has 0 aliphatic carbocycles. The molecule has 1 aromatic carbocycles. The van der Waals surface area contributed by atoms with E-state index < -0.39 is 17.1 Å². The minimum Gasteiger partial charge on any atom is -0.501 e. The number of pyridine rings is 1. The molecule has 2 aromatic heterocycles. The van der Waals surface area contributed by atoms with E-state index in [0.717, 1.165) is 9.96 Å². The molecule has 0 radical (unpaired) electrons. The predicted molar refractivity (Wildman–Crippen MR) is 97.3 cm³/mol. The fourth-order valence-corrected chi connectivity index (χ4v) is 2.85. The highest BCUT2D eigenvalue weighted by atomic mass is 35.5. The Morgan fingerprint density at radius 2 is 1.88 bits per heavy atom. The first-order valence-electron chi connectivity index (χ1n) is 7.25. The van der Waals surface area contributed by atoms with Gasteiger partial charge in [0, 0.05) is 12.6 Å². The number of benzene rings is 1. The van der Waals surface area contributed by atoms with Gasteiger partial charge in [0.1, 0.15) is 5.65 Å². The summed E-state index contributed by atoms with van der Waals surface area (Å²) in [5.74, 6) is -1.14. The molecule has 2 heterocycles. The van der Waals surface area contributed by atoms with Gasteiger partial charge in [-0.3, -0.25) is 14.0 Å². The van der Waals surface area contributed by atoms with Crippen LogP contribution in [-0.2, 0) is 6.42 Å². The number of rotatable bonds is 4. The molecule has 0 saturated carbocycles. The van der Waals surface area contributed by atoms with Gasteiger partial charge >= 0.3 is 5.56 Å². The van der Waals surface area contributed by atoms with Crippen LogP contribution in [0.3, 0.4) is 0 Å². The summed E-state index contributed by atoms with van der Waals surface area (Å²) in [6.07, 6.45) is 1.76. The van der Waals surface area contributed by atoms with E-state index in [0.29, 0.717) is 21.5 Å². The standard InChI is InChI=1S/C17H11Cl3N2O3/c18-10-3-6-14-21-15(16(24)17(25)22(14)8-10)13(23)5-2-9-1-4-11(19)12(20)7-9/h1,3-4,6-8,24H,2,5H2. The van der Waals surface area contributed by atoms with Gasteiger partial charge in [-0.25, -0.2) is 4.98 Å². The fourth-order valence-electron chi connectivity index (χ4n) is 2.37. The van der Waals surface area contributed by atoms with Gasteiger partial charge in [-0.1, -0.05) is 40.9 Å². The van der Waals surface area contributed by atoms with Crippen LogP contribution in [0.25, 0.3) is 5.65 Å². The van der Waals surface area contributed by atoms with Crippen LogP contribution in [0, 0.1) is 0 Å². The normalized spacial score (nSPS) is 11.0. The van der Waals surface area contributed by atoms with E-state index in [-0.39, 0.29) is 17.8 Å². The lowest BCUT2D eigenvalue weighted by Gasteiger charge is -2.07. The summed E-state index contributed by atoms with van der Waals surface area (Å²) in [4.78, 5) is 28.7. The largest absolute Gasteiger partial charge is 0.501 e. The number of aromatic hydroxyl groups is 1. The number of carbonyl (C=O) groups excluding carboxylic acids is 1. The molecule has 3 rings (SSSR count). The van der Waals surface area contributed by atoms with Crippen molar-refractivity contribution in [2.24, 2.45) is 0 Å². The van der Waals surface area contributed by atoms with Crippen molar-refractivity contribution in [1.82, 2.24) is 9.38 Å². The molecule has 128 valence electrons. The maximum absolute atomic E-state index is 12.4. The molecule has 0 unspecified atom stereocenters. The highest BCUT2D eigenvalue weighted by Gasteiger charge is 2.18. The van der Waals surface area contributed by atoms with E-state index in [4.69, 9.17) is 34.8 Å². The number of ketones is 1. The minimum absolute atomic E-state index is 0.0573. The number of carbonyl (C=O) groups is 1. The van der Waals surface area contributed by atoms with Crippen LogP contribution in [0.15, 0.2) is 41.3 Å². The molecule has 8 heteroatoms. The lowest BCUT2D eigenvalue weighted by atomic mass is 10.1. The highest BCUT2D eigenvalue weighted by Crippen LogP contribution is 2.24. The van der Waals surface area contributed by atoms with E-state index in [1.54, 1.807) is 24.3 Å². The Balaban J connectivity index is 1.89. The Hall–Kier alpha value is -2.08. The van der Waals surface area contributed by atoms with Crippen molar-refractivity contribution < 1.29 is 9.90 Å². The first kappa shape index (κ1) is 17.7. The van der Waals surface area contributed by atoms with Crippen LogP contribution < -0.4 is 5.56 Å². The number of nitrogens with zero attached hydrogens (tertiary/aromatic N) is 2. The molecule has 0 amide bonds. The molecule has 3 aromatic rings. The molecule has 1 N–H and O–H groups in total. The van der Waals surface area contributed by atoms with E-state index >= 15 is 0 Å². The smallest absolute Gasteiger partial charge is 0.300 e. The van der Waals surface area contributed by atoms with Crippen molar-refractivity contribution in [2.75, 3.05) is 0 Å². The highest BCUT2D eigenvalue weighted by molar-refractivity contribution is 6.42. The van der Waals surface area contributed by atoms with Gasteiger partial charge in [-0.2, -0.15) is 0 Å². The van der Waals surface area contributed by atoms with Crippen LogP contribution in [0.4, 0.5) is 0 Å². The van der Waals surface area contributed by atoms with E-state index in [9.17, 15) is 14.7 Å². The third-order valence-corrected chi connectivity index (χ3v) is 4.61. The maximum atomic E-state index is 12.4. The molecule has 5 nitrogen and oxygen atoms in total. The third-order valence-electron chi connectivity index (χ3n) is 3.65. The second-order valence-corrected chi connectivity index (χ2v) is 6.61. The van der Waals surface area contributed by atoms with Crippen LogP contribution in [-0.4, -0.2) is 20.3 Å². The Kier molecular flexibility index (Phi) is 4.99. The lowest BCUT2D eigenvalue weighted by Crippen LogP contribution is -2.19. The number of fused-ring (bicyclic) bond motifs is 1. The summed E-state index contributed by atoms with van der Waals surface area (Å²) in [6.45, 7) is 0. The van der Waals surface area contributed by atoms with Gasteiger partial charge < -0.3 is 5.11 Å². The van der Waals surface area contributed by atoms with Crippen molar-refractivity contribution >= 4 is 46.2 Å². The maximum Gasteiger partial charge on any atom is 0.300 e. The quantitative estimate of drug-likeness (QED) is 0.671. The number of aryl methyl sites for hydroxylation is 1. The van der Waals surface area contributed by atoms with Crippen molar-refractivity contribution in [3.05, 3.63) is 73.2 Å². The fraction of sp³-hybridized carbons (Fsp3) is 0.118. The van der Waals surface area contributed by atoms with Crippen molar-refractivity contribution in [1.29, 1.82) is 0 Å². The molecule has 0 spiro atoms. The van der Waals surface area contributed by atoms with Gasteiger partial charge in [0.15, 0.2) is 11.5 Å². The Morgan fingerprint density at radius 3 is 2.60 bits per heavy atom. The Bertz CT molecular complexity index is 1050. The van der Waals surface area contributed by atoms with Crippen LogP contribution in [0.2, 0.25) is 15.1 Å². The Morgan fingerprint density at radius 1 is 1.12 bits per heavy atom. The van der Waals surface area contributed by atoms with Crippen LogP contribution >= 0.6 is 34.8 Å². The summed E-state index contributed by atoms with van der Waals surface area (Å²) in [5.41, 5.74) is 0.0365. The van der Waals surface area contributed by atoms with Crippen molar-refractivity contribution in [3.63, 3.8) is 0 Å². The molecule has 0 bridgehead atoms. The first-order valence-corrected chi connectivity index (χ1v) is 8.38. The second-order valence-electron chi connectivity index (χ2n) is 5.36. The van der Waals surface area contributed by atoms with Gasteiger partial charge in [0.25, 0.3) is 0 Å². The Labute approximate surface area is 157 Å². The zero-order chi connectivity index (χ0) is 18.1.